The van der Waals surface area contributed by atoms with Crippen molar-refractivity contribution in [3.63, 3.8) is 0 Å². The molecule has 0 atom stereocenters. The second-order valence-electron chi connectivity index (χ2n) is 27.0. The van der Waals surface area contributed by atoms with E-state index in [9.17, 15) is 26.3 Å². The van der Waals surface area contributed by atoms with Crippen LogP contribution in [0.25, 0.3) is 0 Å². The van der Waals surface area contributed by atoms with Gasteiger partial charge in [-0.3, -0.25) is 9.80 Å². The number of hydrogen-bond donors (Lipinski definition) is 0. The smallest absolute Gasteiger partial charge is 0.295 e. The van der Waals surface area contributed by atoms with E-state index >= 15 is 0 Å². The van der Waals surface area contributed by atoms with Crippen LogP contribution < -0.4 is 0 Å². The summed E-state index contributed by atoms with van der Waals surface area (Å²) in [5, 5.41) is 0. The van der Waals surface area contributed by atoms with Crippen molar-refractivity contribution in [2.75, 3.05) is 39.3 Å². The molecule has 0 saturated heterocycles. The first-order valence-corrected chi connectivity index (χ1v) is 38.6. The quantitative estimate of drug-likeness (QED) is 0.0442. The largest absolute Gasteiger partial charge is 0.401 e. The van der Waals surface area contributed by atoms with Gasteiger partial charge in [0, 0.05) is 0 Å². The zero-order valence-corrected chi connectivity index (χ0v) is 58.9. The summed E-state index contributed by atoms with van der Waals surface area (Å²) in [5.74, 6) is 0. The molecular weight excluding hydrogens is 1090 g/mol. The first kappa shape index (κ1) is 89.0. The minimum absolute atomic E-state index is 0. The second-order valence-corrected chi connectivity index (χ2v) is 27.0. The lowest BCUT2D eigenvalue weighted by Gasteiger charge is -2.23. The monoisotopic (exact) mass is 1240 g/mol. The van der Waals surface area contributed by atoms with Crippen LogP contribution in [0.2, 0.25) is 0 Å². The molecule has 85 heavy (non-hydrogen) atoms. The number of halogens is 7. The molecule has 0 unspecified atom stereocenters. The summed E-state index contributed by atoms with van der Waals surface area (Å²) in [5.41, 5.74) is 0. The van der Waals surface area contributed by atoms with Crippen LogP contribution in [0.4, 0.5) is 26.3 Å². The van der Waals surface area contributed by atoms with E-state index in [1.165, 1.54) is 360 Å². The summed E-state index contributed by atoms with van der Waals surface area (Å²) in [6.07, 6.45) is 75.6. The molecule has 0 aliphatic carbocycles. The molecule has 0 aliphatic heterocycles. The third-order valence-electron chi connectivity index (χ3n) is 18.1. The standard InChI is InChI=1S/2C38H76F3N.ClH/c2*1-3-5-7-9-11-13-15-17-19-21-23-25-27-29-31-33-35-42(37-38(39,40)41)36-34-32-30-28-26-24-22-20-18-16-14-12-10-8-6-4-2;/h2*3-37H2,1-2H3;1H. The molecule has 0 fully saturated rings. The van der Waals surface area contributed by atoms with Crippen molar-refractivity contribution in [2.45, 2.75) is 451 Å². The molecule has 516 valence electrons. The predicted octanol–water partition coefficient (Wildman–Crippen LogP) is 29.2. The van der Waals surface area contributed by atoms with Gasteiger partial charge >= 0.3 is 12.4 Å². The number of alkyl halides is 6. The minimum atomic E-state index is -4.08. The highest BCUT2D eigenvalue weighted by Gasteiger charge is 2.31. The fourth-order valence-electron chi connectivity index (χ4n) is 12.6. The molecule has 0 saturated carbocycles. The summed E-state index contributed by atoms with van der Waals surface area (Å²) in [4.78, 5) is 3.35. The van der Waals surface area contributed by atoms with Crippen molar-refractivity contribution in [3.8, 4) is 0 Å². The maximum atomic E-state index is 13.1. The molecule has 0 aromatic carbocycles. The summed E-state index contributed by atoms with van der Waals surface area (Å²) in [6, 6.07) is 0. The minimum Gasteiger partial charge on any atom is -0.295 e. The van der Waals surface area contributed by atoms with Gasteiger partial charge in [-0.15, -0.1) is 12.4 Å². The SMILES string of the molecule is CCCCCCCCCCCCCCCCCCN(CCCCCCCCCCCCCCCCCC)CC(F)(F)F.CCCCCCCCCCCCCCCCCCN(CCCCCCCCCCCCCCCCCC)CC(F)(F)F.Cl. The molecule has 0 spiro atoms. The van der Waals surface area contributed by atoms with E-state index in [0.717, 1.165) is 51.4 Å². The van der Waals surface area contributed by atoms with E-state index in [-0.39, 0.29) is 12.4 Å². The molecule has 0 amide bonds. The maximum absolute atomic E-state index is 13.1. The van der Waals surface area contributed by atoms with Gasteiger partial charge in [-0.2, -0.15) is 26.3 Å². The Labute approximate surface area is 536 Å². The van der Waals surface area contributed by atoms with Gasteiger partial charge in [0.1, 0.15) is 0 Å². The van der Waals surface area contributed by atoms with Crippen LogP contribution >= 0.6 is 12.4 Å². The Morgan fingerprint density at radius 2 is 0.259 bits per heavy atom. The molecule has 2 nitrogen and oxygen atoms in total. The first-order valence-electron chi connectivity index (χ1n) is 38.6. The highest BCUT2D eigenvalue weighted by molar-refractivity contribution is 5.85. The zero-order valence-electron chi connectivity index (χ0n) is 58.1. The van der Waals surface area contributed by atoms with Crippen molar-refractivity contribution in [1.29, 1.82) is 0 Å². The second kappa shape index (κ2) is 74.5. The van der Waals surface area contributed by atoms with Gasteiger partial charge in [-0.1, -0.05) is 413 Å². The van der Waals surface area contributed by atoms with Crippen LogP contribution in [0.15, 0.2) is 0 Å². The van der Waals surface area contributed by atoms with Gasteiger partial charge < -0.3 is 0 Å². The van der Waals surface area contributed by atoms with Crippen molar-refractivity contribution in [1.82, 2.24) is 9.80 Å². The lowest BCUT2D eigenvalue weighted by Crippen LogP contribution is -2.35. The summed E-state index contributed by atoms with van der Waals surface area (Å²) in [7, 11) is 0. The molecule has 0 radical (unpaired) electrons. The van der Waals surface area contributed by atoms with E-state index in [1.54, 1.807) is 9.80 Å². The van der Waals surface area contributed by atoms with E-state index < -0.39 is 25.4 Å². The molecule has 0 N–H and O–H groups in total. The molecule has 0 aliphatic rings. The van der Waals surface area contributed by atoms with Crippen LogP contribution in [-0.2, 0) is 0 Å². The van der Waals surface area contributed by atoms with Crippen LogP contribution in [0.5, 0.6) is 0 Å². The fraction of sp³-hybridized carbons (Fsp3) is 1.00. The Morgan fingerprint density at radius 1 is 0.165 bits per heavy atom. The average molecular weight is 1240 g/mol. The Kier molecular flexibility index (Phi) is 78.0. The summed E-state index contributed by atoms with van der Waals surface area (Å²) < 4.78 is 78.5. The number of unbranched alkanes of at least 4 members (excludes halogenated alkanes) is 60. The highest BCUT2D eigenvalue weighted by atomic mass is 35.5. The van der Waals surface area contributed by atoms with Crippen molar-refractivity contribution < 1.29 is 26.3 Å². The van der Waals surface area contributed by atoms with E-state index in [0.29, 0.717) is 26.2 Å². The van der Waals surface area contributed by atoms with E-state index in [1.807, 2.05) is 0 Å². The molecule has 0 rings (SSSR count). The van der Waals surface area contributed by atoms with Crippen molar-refractivity contribution in [3.05, 3.63) is 0 Å². The third kappa shape index (κ3) is 83.8. The molecule has 0 bridgehead atoms. The van der Waals surface area contributed by atoms with Gasteiger partial charge in [-0.05, 0) is 51.9 Å². The number of nitrogens with zero attached hydrogens (tertiary/aromatic N) is 2. The molecule has 0 aromatic rings. The average Bonchev–Trinajstić information content (AvgIpc) is 3.53. The van der Waals surface area contributed by atoms with Crippen molar-refractivity contribution in [2.24, 2.45) is 0 Å². The fourth-order valence-corrected chi connectivity index (χ4v) is 12.6. The van der Waals surface area contributed by atoms with Gasteiger partial charge in [0.15, 0.2) is 0 Å². The Bertz CT molecular complexity index is 1010. The van der Waals surface area contributed by atoms with Crippen molar-refractivity contribution >= 4 is 12.4 Å². The lowest BCUT2D eigenvalue weighted by molar-refractivity contribution is -0.147. The summed E-state index contributed by atoms with van der Waals surface area (Å²) >= 11 is 0. The Morgan fingerprint density at radius 3 is 0.353 bits per heavy atom. The number of hydrogen-bond acceptors (Lipinski definition) is 2. The molecule has 0 aromatic heterocycles. The first-order chi connectivity index (χ1) is 41.0. The van der Waals surface area contributed by atoms with Crippen LogP contribution in [0, 0.1) is 0 Å². The van der Waals surface area contributed by atoms with E-state index in [4.69, 9.17) is 0 Å². The van der Waals surface area contributed by atoms with Gasteiger partial charge in [-0.25, -0.2) is 0 Å². The van der Waals surface area contributed by atoms with Gasteiger partial charge in [0.2, 0.25) is 0 Å². The zero-order chi connectivity index (χ0) is 61.7. The van der Waals surface area contributed by atoms with Gasteiger partial charge in [0.05, 0.1) is 13.1 Å². The molecule has 9 heteroatoms. The highest BCUT2D eigenvalue weighted by Crippen LogP contribution is 2.23. The third-order valence-corrected chi connectivity index (χ3v) is 18.1. The van der Waals surface area contributed by atoms with Gasteiger partial charge in [0.25, 0.3) is 0 Å². The summed E-state index contributed by atoms with van der Waals surface area (Å²) in [6.45, 7) is 10.1. The Balaban J connectivity index is -0.00000156. The number of rotatable bonds is 70. The van der Waals surface area contributed by atoms with Crippen LogP contribution in [-0.4, -0.2) is 61.4 Å². The maximum Gasteiger partial charge on any atom is 0.401 e. The lowest BCUT2D eigenvalue weighted by atomic mass is 10.0. The normalized spacial score (nSPS) is 12.0. The van der Waals surface area contributed by atoms with Crippen LogP contribution in [0.3, 0.4) is 0 Å². The molecule has 0 heterocycles. The van der Waals surface area contributed by atoms with E-state index in [2.05, 4.69) is 27.7 Å². The predicted molar refractivity (Wildman–Crippen MR) is 370 cm³/mol. The topological polar surface area (TPSA) is 6.48 Å². The Hall–Kier alpha value is -0.210. The molecular formula is C76H153ClF6N2. The van der Waals surface area contributed by atoms with Crippen LogP contribution in [0.1, 0.15) is 439 Å².